The van der Waals surface area contributed by atoms with Gasteiger partial charge in [-0.1, -0.05) is 42.5 Å². The van der Waals surface area contributed by atoms with E-state index in [0.29, 0.717) is 10.6 Å². The van der Waals surface area contributed by atoms with E-state index in [0.717, 1.165) is 48.9 Å². The number of aromatic nitrogens is 1. The van der Waals surface area contributed by atoms with Crippen LogP contribution >= 0.6 is 11.3 Å². The van der Waals surface area contributed by atoms with Crippen LogP contribution in [0.3, 0.4) is 0 Å². The summed E-state index contributed by atoms with van der Waals surface area (Å²) in [6.45, 7) is 3.01. The van der Waals surface area contributed by atoms with Crippen LogP contribution < -0.4 is 5.43 Å². The van der Waals surface area contributed by atoms with Crippen molar-refractivity contribution >= 4 is 27.9 Å². The number of anilines is 1. The molecule has 3 aromatic rings. The molecular weight excluding hydrogens is 398 g/mol. The normalized spacial score (nSPS) is 14.4. The molecule has 0 atom stereocenters. The van der Waals surface area contributed by atoms with Gasteiger partial charge in [0.15, 0.2) is 7.11 Å². The first-order valence-electron chi connectivity index (χ1n) is 9.86. The second-order valence-electron chi connectivity index (χ2n) is 7.08. The van der Waals surface area contributed by atoms with Crippen molar-refractivity contribution in [1.82, 2.24) is 9.88 Å². The molecule has 1 aromatic heterocycles. The minimum absolute atomic E-state index is 0.431. The number of hydrogen-bond donors (Lipinski definition) is 1. The highest BCUT2D eigenvalue weighted by molar-refractivity contribution is 7.14. The van der Waals surface area contributed by atoms with Gasteiger partial charge in [0.05, 0.1) is 10.6 Å². The maximum atomic E-state index is 11.6. The van der Waals surface area contributed by atoms with Crippen LogP contribution in [0.15, 0.2) is 65.1 Å². The minimum atomic E-state index is 0.431. The van der Waals surface area contributed by atoms with Crippen molar-refractivity contribution in [1.29, 1.82) is 0 Å². The average Bonchev–Trinajstić information content (AvgIpc) is 3.28. The van der Waals surface area contributed by atoms with Crippen LogP contribution in [0, 0.1) is 4.91 Å². The summed E-state index contributed by atoms with van der Waals surface area (Å²) in [6.07, 6.45) is 1.91. The molecule has 1 N–H and O–H groups in total. The van der Waals surface area contributed by atoms with Gasteiger partial charge < -0.3 is 0 Å². The number of thiazole rings is 1. The zero-order chi connectivity index (χ0) is 20.8. The third-order valence-electron chi connectivity index (χ3n) is 5.01. The molecular formula is C22H24N5O2S+. The van der Waals surface area contributed by atoms with Crippen molar-refractivity contribution in [2.45, 2.75) is 19.4 Å². The number of likely N-dealkylation sites (tertiary alicyclic amines) is 1. The number of hydrazone groups is 1. The third kappa shape index (κ3) is 5.08. The van der Waals surface area contributed by atoms with Crippen molar-refractivity contribution < 1.29 is 9.76 Å². The molecule has 4 rings (SSSR count). The second kappa shape index (κ2) is 9.60. The van der Waals surface area contributed by atoms with E-state index in [1.54, 1.807) is 12.1 Å². The lowest BCUT2D eigenvalue weighted by atomic mass is 10.1. The molecule has 154 valence electrons. The van der Waals surface area contributed by atoms with Crippen molar-refractivity contribution in [3.63, 3.8) is 0 Å². The van der Waals surface area contributed by atoms with E-state index >= 15 is 0 Å². The number of piperidine rings is 1. The summed E-state index contributed by atoms with van der Waals surface area (Å²) in [5.74, 6) is 0. The topological polar surface area (TPSA) is 69.8 Å². The zero-order valence-corrected chi connectivity index (χ0v) is 17.6. The molecule has 0 unspecified atom stereocenters. The molecule has 0 radical (unpaired) electrons. The Morgan fingerprint density at radius 2 is 1.97 bits per heavy atom. The second-order valence-corrected chi connectivity index (χ2v) is 7.94. The standard InChI is InChI=1S/C22H24N5O2S/c1-29-27(28)20-9-5-8-18(14-20)21-16-30-22(23-21)25-24-19-10-12-26(13-11-19)15-17-6-3-2-4-7-17/h2-9,14,16H,10-13,15H2,1H3,(H,23,25)/q+1. The highest BCUT2D eigenvalue weighted by atomic mass is 32.1. The first-order chi connectivity index (χ1) is 14.7. The van der Waals surface area contributed by atoms with Crippen molar-refractivity contribution in [3.05, 3.63) is 70.4 Å². The number of rotatable bonds is 7. The molecule has 0 aliphatic carbocycles. The van der Waals surface area contributed by atoms with E-state index in [2.05, 4.69) is 50.7 Å². The largest absolute Gasteiger partial charge is 0.317 e. The summed E-state index contributed by atoms with van der Waals surface area (Å²) >= 11 is 1.49. The molecule has 1 aliphatic heterocycles. The van der Waals surface area contributed by atoms with Gasteiger partial charge in [-0.15, -0.1) is 11.3 Å². The van der Waals surface area contributed by atoms with E-state index in [1.165, 1.54) is 29.7 Å². The quantitative estimate of drug-likeness (QED) is 0.552. The van der Waals surface area contributed by atoms with Crippen LogP contribution in [0.5, 0.6) is 0 Å². The highest BCUT2D eigenvalue weighted by Gasteiger charge is 2.17. The van der Waals surface area contributed by atoms with Crippen molar-refractivity contribution in [3.8, 4) is 11.3 Å². The first-order valence-corrected chi connectivity index (χ1v) is 10.7. The Balaban J connectivity index is 1.33. The van der Waals surface area contributed by atoms with Gasteiger partial charge in [0.2, 0.25) is 5.13 Å². The molecule has 2 aromatic carbocycles. The van der Waals surface area contributed by atoms with Gasteiger partial charge in [0, 0.05) is 61.3 Å². The third-order valence-corrected chi connectivity index (χ3v) is 5.76. The van der Waals surface area contributed by atoms with Crippen LogP contribution in [0.4, 0.5) is 10.8 Å². The Morgan fingerprint density at radius 3 is 2.73 bits per heavy atom. The lowest BCUT2D eigenvalue weighted by Gasteiger charge is -2.27. The molecule has 1 fully saturated rings. The van der Waals surface area contributed by atoms with E-state index in [4.69, 9.17) is 4.84 Å². The fraction of sp³-hybridized carbons (Fsp3) is 0.273. The van der Waals surface area contributed by atoms with Crippen LogP contribution in [-0.4, -0.2) is 40.7 Å². The molecule has 0 bridgehead atoms. The fourth-order valence-corrected chi connectivity index (χ4v) is 4.05. The molecule has 1 aliphatic rings. The Hall–Kier alpha value is -3.10. The summed E-state index contributed by atoms with van der Waals surface area (Å²) < 4.78 is 0. The lowest BCUT2D eigenvalue weighted by Crippen LogP contribution is -2.33. The van der Waals surface area contributed by atoms with Gasteiger partial charge >= 0.3 is 5.69 Å². The van der Waals surface area contributed by atoms with E-state index < -0.39 is 0 Å². The predicted octanol–water partition coefficient (Wildman–Crippen LogP) is 4.85. The van der Waals surface area contributed by atoms with E-state index in [9.17, 15) is 4.91 Å². The van der Waals surface area contributed by atoms with Gasteiger partial charge in [-0.3, -0.25) is 10.3 Å². The van der Waals surface area contributed by atoms with Gasteiger partial charge in [-0.05, 0) is 5.56 Å². The van der Waals surface area contributed by atoms with Gasteiger partial charge in [-0.25, -0.2) is 9.82 Å². The maximum Gasteiger partial charge on any atom is 0.317 e. The van der Waals surface area contributed by atoms with Crippen LogP contribution in [-0.2, 0) is 11.4 Å². The molecule has 7 nitrogen and oxygen atoms in total. The number of nitrogens with zero attached hydrogens (tertiary/aromatic N) is 4. The van der Waals surface area contributed by atoms with E-state index in [-0.39, 0.29) is 0 Å². The van der Waals surface area contributed by atoms with Crippen molar-refractivity contribution in [2.75, 3.05) is 25.6 Å². The number of benzene rings is 2. The Kier molecular flexibility index (Phi) is 6.46. The Labute approximate surface area is 179 Å². The summed E-state index contributed by atoms with van der Waals surface area (Å²) in [7, 11) is 1.34. The van der Waals surface area contributed by atoms with Crippen LogP contribution in [0.1, 0.15) is 18.4 Å². The van der Waals surface area contributed by atoms with Crippen LogP contribution in [0.25, 0.3) is 11.3 Å². The van der Waals surface area contributed by atoms with Gasteiger partial charge in [-0.2, -0.15) is 5.10 Å². The molecule has 1 saturated heterocycles. The maximum absolute atomic E-state index is 11.6. The smallest absolute Gasteiger partial charge is 0.298 e. The fourth-order valence-electron chi connectivity index (χ4n) is 3.39. The molecule has 2 heterocycles. The molecule has 30 heavy (non-hydrogen) atoms. The van der Waals surface area contributed by atoms with Crippen LogP contribution in [0.2, 0.25) is 0 Å². The van der Waals surface area contributed by atoms with Crippen molar-refractivity contribution in [2.24, 2.45) is 5.10 Å². The highest BCUT2D eigenvalue weighted by Crippen LogP contribution is 2.27. The van der Waals surface area contributed by atoms with E-state index in [1.807, 2.05) is 17.5 Å². The van der Waals surface area contributed by atoms with Gasteiger partial charge in [0.25, 0.3) is 4.92 Å². The van der Waals surface area contributed by atoms with Gasteiger partial charge in [0.1, 0.15) is 0 Å². The Bertz CT molecular complexity index is 1020. The molecule has 0 amide bonds. The summed E-state index contributed by atoms with van der Waals surface area (Å²) in [5, 5.41) is 7.26. The predicted molar refractivity (Wildman–Crippen MR) is 120 cm³/mol. The average molecular weight is 423 g/mol. The molecule has 0 spiro atoms. The first kappa shape index (κ1) is 20.2. The Morgan fingerprint density at radius 1 is 1.17 bits per heavy atom. The zero-order valence-electron chi connectivity index (χ0n) is 16.8. The number of hydrogen-bond acceptors (Lipinski definition) is 7. The summed E-state index contributed by atoms with van der Waals surface area (Å²) in [6, 6.07) is 17.7. The molecule has 0 saturated carbocycles. The minimum Gasteiger partial charge on any atom is -0.298 e. The SMILES string of the molecule is CO[N+](=O)c1cccc(-c2csc(NN=C3CCN(Cc4ccccc4)CC3)n2)c1. The monoisotopic (exact) mass is 422 g/mol. The summed E-state index contributed by atoms with van der Waals surface area (Å²) in [4.78, 5) is 23.9. The number of nitrogens with one attached hydrogen (secondary N) is 1. The molecule has 8 heteroatoms. The lowest BCUT2D eigenvalue weighted by molar-refractivity contribution is -0.736. The summed E-state index contributed by atoms with van der Waals surface area (Å²) in [5.41, 5.74) is 7.70.